The van der Waals surface area contributed by atoms with E-state index in [9.17, 15) is 14.9 Å². The summed E-state index contributed by atoms with van der Waals surface area (Å²) in [5.41, 5.74) is 1.61. The van der Waals surface area contributed by atoms with E-state index in [0.29, 0.717) is 33.4 Å². The Labute approximate surface area is 155 Å². The van der Waals surface area contributed by atoms with E-state index in [1.54, 1.807) is 45.0 Å². The number of thioether (sulfide) groups is 1. The van der Waals surface area contributed by atoms with Crippen molar-refractivity contribution in [1.29, 1.82) is 5.26 Å². The fourth-order valence-corrected chi connectivity index (χ4v) is 3.09. The number of benzene rings is 1. The maximum atomic E-state index is 12.3. The lowest BCUT2D eigenvalue weighted by Crippen LogP contribution is -2.17. The highest BCUT2D eigenvalue weighted by Crippen LogP contribution is 2.23. The summed E-state index contributed by atoms with van der Waals surface area (Å²) in [4.78, 5) is 32.6. The molecule has 1 heterocycles. The molecule has 0 aliphatic carbocycles. The van der Waals surface area contributed by atoms with Crippen molar-refractivity contribution in [2.24, 2.45) is 0 Å². The first-order valence-corrected chi connectivity index (χ1v) is 8.89. The van der Waals surface area contributed by atoms with Crippen LogP contribution >= 0.6 is 11.8 Å². The Morgan fingerprint density at radius 3 is 2.69 bits per heavy atom. The fraction of sp³-hybridized carbons (Fsp3) is 0.278. The minimum Gasteiger partial charge on any atom is -0.462 e. The summed E-state index contributed by atoms with van der Waals surface area (Å²) >= 11 is 1.15. The van der Waals surface area contributed by atoms with Crippen molar-refractivity contribution < 1.29 is 14.3 Å². The number of aryl methyl sites for hydroxylation is 2. The van der Waals surface area contributed by atoms with Crippen LogP contribution in [0.5, 0.6) is 0 Å². The number of ether oxygens (including phenoxy) is 1. The summed E-state index contributed by atoms with van der Waals surface area (Å²) in [7, 11) is 0. The lowest BCUT2D eigenvalue weighted by atomic mass is 10.2. The van der Waals surface area contributed by atoms with Gasteiger partial charge in [0.2, 0.25) is 5.91 Å². The highest BCUT2D eigenvalue weighted by molar-refractivity contribution is 8.00. The predicted octanol–water partition coefficient (Wildman–Crippen LogP) is 2.87. The molecule has 0 radical (unpaired) electrons. The van der Waals surface area contributed by atoms with Gasteiger partial charge in [-0.1, -0.05) is 23.9 Å². The molecular weight excluding hydrogens is 352 g/mol. The number of hydrogen-bond donors (Lipinski definition) is 1. The molecule has 0 fully saturated rings. The molecule has 1 N–H and O–H groups in total. The predicted molar refractivity (Wildman–Crippen MR) is 98.0 cm³/mol. The topological polar surface area (TPSA) is 105 Å². The Morgan fingerprint density at radius 2 is 2.00 bits per heavy atom. The number of para-hydroxylation sites is 1. The first-order chi connectivity index (χ1) is 12.5. The van der Waals surface area contributed by atoms with Crippen molar-refractivity contribution in [3.63, 3.8) is 0 Å². The van der Waals surface area contributed by atoms with Crippen molar-refractivity contribution in [3.05, 3.63) is 46.9 Å². The van der Waals surface area contributed by atoms with Gasteiger partial charge in [-0.3, -0.25) is 4.79 Å². The van der Waals surface area contributed by atoms with Crippen molar-refractivity contribution in [1.82, 2.24) is 9.97 Å². The fourth-order valence-electron chi connectivity index (χ4n) is 2.21. The molecule has 1 aromatic carbocycles. The first-order valence-electron chi connectivity index (χ1n) is 7.90. The summed E-state index contributed by atoms with van der Waals surface area (Å²) in [5.74, 6) is -0.228. The van der Waals surface area contributed by atoms with E-state index >= 15 is 0 Å². The van der Waals surface area contributed by atoms with Gasteiger partial charge in [-0.2, -0.15) is 5.26 Å². The Morgan fingerprint density at radius 1 is 1.27 bits per heavy atom. The van der Waals surface area contributed by atoms with Gasteiger partial charge >= 0.3 is 5.97 Å². The van der Waals surface area contributed by atoms with Crippen LogP contribution in [0, 0.1) is 25.2 Å². The maximum absolute atomic E-state index is 12.3. The lowest BCUT2D eigenvalue weighted by Gasteiger charge is -2.10. The number of hydrogen-bond acceptors (Lipinski definition) is 7. The average Bonchev–Trinajstić information content (AvgIpc) is 2.60. The van der Waals surface area contributed by atoms with E-state index in [2.05, 4.69) is 21.4 Å². The molecule has 0 aliphatic heterocycles. The number of anilines is 1. The van der Waals surface area contributed by atoms with Crippen LogP contribution in [0.15, 0.2) is 29.3 Å². The van der Waals surface area contributed by atoms with Crippen LogP contribution in [0.25, 0.3) is 0 Å². The van der Waals surface area contributed by atoms with Crippen LogP contribution in [0.2, 0.25) is 0 Å². The van der Waals surface area contributed by atoms with Gasteiger partial charge in [-0.15, -0.1) is 0 Å². The molecule has 0 atom stereocenters. The second-order valence-corrected chi connectivity index (χ2v) is 6.22. The second kappa shape index (κ2) is 8.97. The van der Waals surface area contributed by atoms with E-state index in [-0.39, 0.29) is 18.3 Å². The third-order valence-electron chi connectivity index (χ3n) is 3.32. The van der Waals surface area contributed by atoms with Gasteiger partial charge in [0.1, 0.15) is 22.5 Å². The van der Waals surface area contributed by atoms with Crippen molar-refractivity contribution in [3.8, 4) is 6.07 Å². The Kier molecular flexibility index (Phi) is 6.69. The lowest BCUT2D eigenvalue weighted by molar-refractivity contribution is -0.113. The normalized spacial score (nSPS) is 10.1. The number of nitrogens with zero attached hydrogens (tertiary/aromatic N) is 3. The number of aromatic nitrogens is 2. The molecule has 26 heavy (non-hydrogen) atoms. The molecule has 0 spiro atoms. The molecule has 0 bridgehead atoms. The molecular formula is C18H18N4O3S. The number of esters is 1. The smallest absolute Gasteiger partial charge is 0.340 e. The Hall–Kier alpha value is -2.92. The molecule has 0 saturated carbocycles. The Balaban J connectivity index is 2.10. The van der Waals surface area contributed by atoms with E-state index in [1.807, 2.05) is 0 Å². The molecule has 134 valence electrons. The average molecular weight is 370 g/mol. The highest BCUT2D eigenvalue weighted by atomic mass is 32.2. The minimum atomic E-state index is -0.495. The minimum absolute atomic E-state index is 0.0434. The molecule has 0 saturated heterocycles. The summed E-state index contributed by atoms with van der Waals surface area (Å²) in [6.07, 6.45) is 0. The third-order valence-corrected chi connectivity index (χ3v) is 4.29. The summed E-state index contributed by atoms with van der Waals surface area (Å²) in [6, 6.07) is 8.70. The number of carbonyl (C=O) groups excluding carboxylic acids is 2. The SMILES string of the molecule is CCOC(=O)c1ccccc1NC(=O)CSc1nc(C)nc(C)c1C#N. The van der Waals surface area contributed by atoms with Crippen LogP contribution in [-0.2, 0) is 9.53 Å². The van der Waals surface area contributed by atoms with E-state index in [4.69, 9.17) is 4.74 Å². The van der Waals surface area contributed by atoms with Gasteiger partial charge in [-0.25, -0.2) is 14.8 Å². The number of nitrogens with one attached hydrogen (secondary N) is 1. The standard InChI is InChI=1S/C18H18N4O3S/c1-4-25-18(24)13-7-5-6-8-15(13)22-16(23)10-26-17-14(9-19)11(2)20-12(3)21-17/h5-8H,4,10H2,1-3H3,(H,22,23). The molecule has 7 nitrogen and oxygen atoms in total. The molecule has 1 amide bonds. The highest BCUT2D eigenvalue weighted by Gasteiger charge is 2.16. The number of amides is 1. The van der Waals surface area contributed by atoms with Gasteiger partial charge in [0.05, 0.1) is 29.3 Å². The first kappa shape index (κ1) is 19.4. The molecule has 2 aromatic rings. The molecule has 2 rings (SSSR count). The largest absolute Gasteiger partial charge is 0.462 e. The number of rotatable bonds is 6. The second-order valence-electron chi connectivity index (χ2n) is 5.25. The summed E-state index contributed by atoms with van der Waals surface area (Å²) in [5, 5.41) is 12.4. The zero-order chi connectivity index (χ0) is 19.1. The zero-order valence-electron chi connectivity index (χ0n) is 14.7. The van der Waals surface area contributed by atoms with Crippen LogP contribution in [0.1, 0.15) is 34.4 Å². The van der Waals surface area contributed by atoms with Gasteiger partial charge in [0.25, 0.3) is 0 Å². The van der Waals surface area contributed by atoms with E-state index < -0.39 is 5.97 Å². The van der Waals surface area contributed by atoms with E-state index in [1.165, 1.54) is 0 Å². The van der Waals surface area contributed by atoms with Gasteiger partial charge in [0, 0.05) is 0 Å². The van der Waals surface area contributed by atoms with Crippen LogP contribution in [0.3, 0.4) is 0 Å². The number of carbonyl (C=O) groups is 2. The van der Waals surface area contributed by atoms with Crippen LogP contribution in [-0.4, -0.2) is 34.2 Å². The maximum Gasteiger partial charge on any atom is 0.340 e. The zero-order valence-corrected chi connectivity index (χ0v) is 15.5. The van der Waals surface area contributed by atoms with E-state index in [0.717, 1.165) is 11.8 Å². The van der Waals surface area contributed by atoms with Gasteiger partial charge in [-0.05, 0) is 32.9 Å². The van der Waals surface area contributed by atoms with Crippen LogP contribution < -0.4 is 5.32 Å². The van der Waals surface area contributed by atoms with Gasteiger partial charge < -0.3 is 10.1 Å². The molecule has 0 aliphatic rings. The molecule has 1 aromatic heterocycles. The van der Waals surface area contributed by atoms with Gasteiger partial charge in [0.15, 0.2) is 0 Å². The Bertz CT molecular complexity index is 877. The number of nitriles is 1. The quantitative estimate of drug-likeness (QED) is 0.473. The summed E-state index contributed by atoms with van der Waals surface area (Å²) in [6.45, 7) is 5.43. The molecule has 0 unspecified atom stereocenters. The third kappa shape index (κ3) is 4.80. The summed E-state index contributed by atoms with van der Waals surface area (Å²) < 4.78 is 4.99. The van der Waals surface area contributed by atoms with Crippen LogP contribution in [0.4, 0.5) is 5.69 Å². The van der Waals surface area contributed by atoms with Crippen molar-refractivity contribution in [2.75, 3.05) is 17.7 Å². The van der Waals surface area contributed by atoms with Crippen molar-refractivity contribution >= 4 is 29.3 Å². The monoisotopic (exact) mass is 370 g/mol. The molecule has 8 heteroatoms. The van der Waals surface area contributed by atoms with Crippen molar-refractivity contribution in [2.45, 2.75) is 25.8 Å².